The third kappa shape index (κ3) is 6.13. The Morgan fingerprint density at radius 1 is 1.23 bits per heavy atom. The predicted molar refractivity (Wildman–Crippen MR) is 101 cm³/mol. The number of carbonyl (C=O) groups excluding carboxylic acids is 2. The van der Waals surface area contributed by atoms with E-state index in [0.29, 0.717) is 35.9 Å². The fourth-order valence-corrected chi connectivity index (χ4v) is 2.49. The van der Waals surface area contributed by atoms with E-state index in [0.717, 1.165) is 11.8 Å². The number of amides is 2. The highest BCUT2D eigenvalue weighted by molar-refractivity contribution is 6.30. The van der Waals surface area contributed by atoms with Crippen LogP contribution in [0.2, 0.25) is 5.02 Å². The van der Waals surface area contributed by atoms with Crippen LogP contribution in [0.1, 0.15) is 18.1 Å². The Balaban J connectivity index is 1.90. The molecule has 0 bridgehead atoms. The number of rotatable bonds is 8. The molecule has 0 atom stereocenters. The molecule has 26 heavy (non-hydrogen) atoms. The van der Waals surface area contributed by atoms with Crippen molar-refractivity contribution in [2.75, 3.05) is 18.4 Å². The zero-order valence-electron chi connectivity index (χ0n) is 14.5. The van der Waals surface area contributed by atoms with Crippen LogP contribution in [0, 0.1) is 5.82 Å². The Morgan fingerprint density at radius 2 is 1.96 bits per heavy atom. The molecular formula is C19H21ClFN3O2. The minimum Gasteiger partial charge on any atom is -0.334 e. The minimum atomic E-state index is -0.428. The molecule has 0 unspecified atom stereocenters. The van der Waals surface area contributed by atoms with Gasteiger partial charge in [0.15, 0.2) is 0 Å². The summed E-state index contributed by atoms with van der Waals surface area (Å²) in [4.78, 5) is 24.4. The van der Waals surface area contributed by atoms with Crippen molar-refractivity contribution in [2.24, 2.45) is 0 Å². The van der Waals surface area contributed by atoms with Gasteiger partial charge in [-0.05, 0) is 36.4 Å². The molecule has 2 rings (SSSR count). The molecule has 5 nitrogen and oxygen atoms in total. The van der Waals surface area contributed by atoms with Gasteiger partial charge in [0.2, 0.25) is 0 Å². The third-order valence-corrected chi connectivity index (χ3v) is 4.10. The molecule has 2 amide bonds. The van der Waals surface area contributed by atoms with Crippen LogP contribution in [0.5, 0.6) is 0 Å². The first-order chi connectivity index (χ1) is 12.5. The molecule has 2 N–H and O–H groups in total. The third-order valence-electron chi connectivity index (χ3n) is 3.85. The normalized spacial score (nSPS) is 10.6. The zero-order valence-corrected chi connectivity index (χ0v) is 15.2. The number of nitrogens with zero attached hydrogens (tertiary/aromatic N) is 1. The maximum Gasteiger partial charge on any atom is 0.319 e. The molecule has 0 aromatic heterocycles. The van der Waals surface area contributed by atoms with Crippen LogP contribution in [0.15, 0.2) is 42.5 Å². The fourth-order valence-electron chi connectivity index (χ4n) is 2.36. The first-order valence-electron chi connectivity index (χ1n) is 8.25. The molecule has 138 valence electrons. The lowest BCUT2D eigenvalue weighted by molar-refractivity contribution is -0.108. The van der Waals surface area contributed by atoms with Crippen LogP contribution in [0.25, 0.3) is 0 Å². The lowest BCUT2D eigenvalue weighted by Crippen LogP contribution is -2.28. The SMILES string of the molecule is CCN(CC=O)Cc1ccc(NC(=O)NCc2ccc(Cl)cc2)cc1F. The number of likely N-dealkylation sites (N-methyl/N-ethyl adjacent to an activating group) is 1. The molecule has 0 saturated heterocycles. The van der Waals surface area contributed by atoms with E-state index in [2.05, 4.69) is 10.6 Å². The van der Waals surface area contributed by atoms with Crippen LogP contribution in [-0.2, 0) is 17.9 Å². The molecular weight excluding hydrogens is 357 g/mol. The number of hydrogen-bond acceptors (Lipinski definition) is 3. The van der Waals surface area contributed by atoms with Gasteiger partial charge in [-0.15, -0.1) is 0 Å². The molecule has 0 saturated carbocycles. The summed E-state index contributed by atoms with van der Waals surface area (Å²) in [5, 5.41) is 5.92. The van der Waals surface area contributed by atoms with Gasteiger partial charge in [-0.3, -0.25) is 4.90 Å². The Labute approximate surface area is 157 Å². The molecule has 0 aliphatic heterocycles. The van der Waals surface area contributed by atoms with E-state index in [4.69, 9.17) is 11.6 Å². The van der Waals surface area contributed by atoms with Crippen molar-refractivity contribution in [2.45, 2.75) is 20.0 Å². The van der Waals surface area contributed by atoms with Crippen molar-refractivity contribution in [3.05, 3.63) is 64.4 Å². The largest absolute Gasteiger partial charge is 0.334 e. The second kappa shape index (κ2) is 9.89. The van der Waals surface area contributed by atoms with Gasteiger partial charge >= 0.3 is 6.03 Å². The second-order valence-electron chi connectivity index (χ2n) is 5.73. The summed E-state index contributed by atoms with van der Waals surface area (Å²) in [6, 6.07) is 11.2. The number of halogens is 2. The highest BCUT2D eigenvalue weighted by Crippen LogP contribution is 2.16. The molecule has 2 aromatic carbocycles. The van der Waals surface area contributed by atoms with E-state index in [-0.39, 0.29) is 6.54 Å². The Morgan fingerprint density at radius 3 is 2.58 bits per heavy atom. The molecule has 0 heterocycles. The van der Waals surface area contributed by atoms with Gasteiger partial charge in [-0.1, -0.05) is 36.7 Å². The Kier molecular flexibility index (Phi) is 7.56. The predicted octanol–water partition coefficient (Wildman–Crippen LogP) is 3.82. The number of urea groups is 1. The molecule has 2 aromatic rings. The van der Waals surface area contributed by atoms with Crippen LogP contribution < -0.4 is 10.6 Å². The van der Waals surface area contributed by atoms with Crippen molar-refractivity contribution in [3.63, 3.8) is 0 Å². The van der Waals surface area contributed by atoms with Gasteiger partial charge in [0, 0.05) is 29.4 Å². The van der Waals surface area contributed by atoms with Gasteiger partial charge in [0.05, 0.1) is 6.54 Å². The maximum atomic E-state index is 14.2. The number of aldehydes is 1. The topological polar surface area (TPSA) is 61.4 Å². The summed E-state index contributed by atoms with van der Waals surface area (Å²) in [6.45, 7) is 3.47. The van der Waals surface area contributed by atoms with Crippen LogP contribution in [-0.4, -0.2) is 30.3 Å². The van der Waals surface area contributed by atoms with Gasteiger partial charge in [0.1, 0.15) is 12.1 Å². The van der Waals surface area contributed by atoms with E-state index in [1.165, 1.54) is 6.07 Å². The zero-order chi connectivity index (χ0) is 18.9. The number of anilines is 1. The number of nitrogens with one attached hydrogen (secondary N) is 2. The molecule has 0 radical (unpaired) electrons. The van der Waals surface area contributed by atoms with Crippen LogP contribution in [0.4, 0.5) is 14.9 Å². The van der Waals surface area contributed by atoms with Gasteiger partial charge < -0.3 is 15.4 Å². The fraction of sp³-hybridized carbons (Fsp3) is 0.263. The summed E-state index contributed by atoms with van der Waals surface area (Å²) < 4.78 is 14.2. The molecule has 0 fully saturated rings. The average molecular weight is 378 g/mol. The van der Waals surface area contributed by atoms with Gasteiger partial charge in [0.25, 0.3) is 0 Å². The first kappa shape index (κ1) is 19.9. The highest BCUT2D eigenvalue weighted by atomic mass is 35.5. The van der Waals surface area contributed by atoms with Crippen molar-refractivity contribution >= 4 is 29.6 Å². The van der Waals surface area contributed by atoms with Crippen molar-refractivity contribution in [1.29, 1.82) is 0 Å². The number of carbonyl (C=O) groups is 2. The smallest absolute Gasteiger partial charge is 0.319 e. The van der Waals surface area contributed by atoms with E-state index >= 15 is 0 Å². The Hall–Kier alpha value is -2.44. The average Bonchev–Trinajstić information content (AvgIpc) is 2.63. The van der Waals surface area contributed by atoms with E-state index in [1.807, 2.05) is 24.0 Å². The number of hydrogen-bond donors (Lipinski definition) is 2. The van der Waals surface area contributed by atoms with Gasteiger partial charge in [-0.25, -0.2) is 9.18 Å². The van der Waals surface area contributed by atoms with Gasteiger partial charge in [-0.2, -0.15) is 0 Å². The summed E-state index contributed by atoms with van der Waals surface area (Å²) in [7, 11) is 0. The molecule has 0 spiro atoms. The standard InChI is InChI=1S/C19H21ClFN3O2/c1-2-24(9-10-25)13-15-5-8-17(11-18(15)21)23-19(26)22-12-14-3-6-16(20)7-4-14/h3-8,10-11H,2,9,12-13H2,1H3,(H2,22,23,26). The van der Waals surface area contributed by atoms with Crippen molar-refractivity contribution in [1.82, 2.24) is 10.2 Å². The molecule has 7 heteroatoms. The second-order valence-corrected chi connectivity index (χ2v) is 6.17. The summed E-state index contributed by atoms with van der Waals surface area (Å²) >= 11 is 5.81. The van der Waals surface area contributed by atoms with Crippen molar-refractivity contribution in [3.8, 4) is 0 Å². The van der Waals surface area contributed by atoms with Crippen molar-refractivity contribution < 1.29 is 14.0 Å². The first-order valence-corrected chi connectivity index (χ1v) is 8.63. The molecule has 0 aliphatic rings. The monoisotopic (exact) mass is 377 g/mol. The Bertz CT molecular complexity index is 753. The summed E-state index contributed by atoms with van der Waals surface area (Å²) in [5.74, 6) is -0.426. The molecule has 0 aliphatic carbocycles. The quantitative estimate of drug-likeness (QED) is 0.687. The van der Waals surface area contributed by atoms with Crippen LogP contribution in [0.3, 0.4) is 0 Å². The summed E-state index contributed by atoms with van der Waals surface area (Å²) in [6.07, 6.45) is 0.794. The summed E-state index contributed by atoms with van der Waals surface area (Å²) in [5.41, 5.74) is 1.74. The minimum absolute atomic E-state index is 0.253. The van der Waals surface area contributed by atoms with E-state index < -0.39 is 11.8 Å². The maximum absolute atomic E-state index is 14.2. The van der Waals surface area contributed by atoms with E-state index in [1.54, 1.807) is 24.3 Å². The highest BCUT2D eigenvalue weighted by Gasteiger charge is 2.10. The lowest BCUT2D eigenvalue weighted by Gasteiger charge is -2.18. The van der Waals surface area contributed by atoms with E-state index in [9.17, 15) is 14.0 Å². The van der Waals surface area contributed by atoms with Crippen LogP contribution >= 0.6 is 11.6 Å². The lowest BCUT2D eigenvalue weighted by atomic mass is 10.1. The number of benzene rings is 2.